The molecule has 3 aromatic rings. The standard InChI is InChI=1S/C23H23Cl2N5O3S/c1-4-9-30-21(14(2)26-22(32)15-5-7-19(33-3)8-6-15)28-29-23(30)34-13-20(31)27-18-11-16(24)10-17(25)12-18/h4-8,10-12,14H,1,9,13H2,2-3H3,(H,26,32)(H,27,31). The van der Waals surface area contributed by atoms with Crippen LogP contribution in [0.3, 0.4) is 0 Å². The van der Waals surface area contributed by atoms with Gasteiger partial charge in [-0.05, 0) is 49.4 Å². The fraction of sp³-hybridized carbons (Fsp3) is 0.217. The molecule has 1 atom stereocenters. The number of benzene rings is 2. The molecule has 178 valence electrons. The third kappa shape index (κ3) is 6.75. The maximum absolute atomic E-state index is 12.6. The zero-order valence-corrected chi connectivity index (χ0v) is 20.9. The number of ether oxygens (including phenoxy) is 1. The van der Waals surface area contributed by atoms with Crippen LogP contribution in [0.2, 0.25) is 10.0 Å². The number of nitrogens with zero attached hydrogens (tertiary/aromatic N) is 3. The zero-order valence-electron chi connectivity index (χ0n) is 18.5. The van der Waals surface area contributed by atoms with Gasteiger partial charge < -0.3 is 19.9 Å². The highest BCUT2D eigenvalue weighted by molar-refractivity contribution is 7.99. The molecule has 34 heavy (non-hydrogen) atoms. The van der Waals surface area contributed by atoms with E-state index in [1.165, 1.54) is 11.8 Å². The normalized spacial score (nSPS) is 11.5. The van der Waals surface area contributed by atoms with Crippen LogP contribution in [-0.4, -0.2) is 39.4 Å². The highest BCUT2D eigenvalue weighted by Gasteiger charge is 2.20. The Balaban J connectivity index is 1.66. The minimum atomic E-state index is -0.432. The number of halogens is 2. The summed E-state index contributed by atoms with van der Waals surface area (Å²) >= 11 is 13.2. The first-order valence-corrected chi connectivity index (χ1v) is 11.9. The van der Waals surface area contributed by atoms with Crippen molar-refractivity contribution in [1.82, 2.24) is 20.1 Å². The van der Waals surface area contributed by atoms with Crippen molar-refractivity contribution in [1.29, 1.82) is 0 Å². The average Bonchev–Trinajstić information content (AvgIpc) is 3.20. The van der Waals surface area contributed by atoms with E-state index in [4.69, 9.17) is 27.9 Å². The van der Waals surface area contributed by atoms with Gasteiger partial charge in [0.15, 0.2) is 11.0 Å². The maximum Gasteiger partial charge on any atom is 0.251 e. The Kier molecular flexibility index (Phi) is 8.98. The topological polar surface area (TPSA) is 98.1 Å². The van der Waals surface area contributed by atoms with E-state index in [0.29, 0.717) is 44.6 Å². The Morgan fingerprint density at radius 2 is 1.85 bits per heavy atom. The van der Waals surface area contributed by atoms with Gasteiger partial charge in [-0.2, -0.15) is 0 Å². The first-order valence-electron chi connectivity index (χ1n) is 10.2. The summed E-state index contributed by atoms with van der Waals surface area (Å²) < 4.78 is 6.93. The molecule has 0 bridgehead atoms. The van der Waals surface area contributed by atoms with Gasteiger partial charge in [-0.25, -0.2) is 0 Å². The Bertz CT molecular complexity index is 1160. The number of thioether (sulfide) groups is 1. The molecule has 1 heterocycles. The van der Waals surface area contributed by atoms with Crippen LogP contribution in [0.1, 0.15) is 29.1 Å². The minimum absolute atomic E-state index is 0.0893. The summed E-state index contributed by atoms with van der Waals surface area (Å²) in [6.45, 7) is 6.01. The predicted octanol–water partition coefficient (Wildman–Crippen LogP) is 5.00. The van der Waals surface area contributed by atoms with E-state index < -0.39 is 6.04 Å². The number of hydrogen-bond donors (Lipinski definition) is 2. The summed E-state index contributed by atoms with van der Waals surface area (Å²) in [7, 11) is 1.57. The highest BCUT2D eigenvalue weighted by atomic mass is 35.5. The van der Waals surface area contributed by atoms with Crippen LogP contribution in [0.5, 0.6) is 5.75 Å². The number of rotatable bonds is 10. The number of anilines is 1. The van der Waals surface area contributed by atoms with Gasteiger partial charge >= 0.3 is 0 Å². The van der Waals surface area contributed by atoms with E-state index in [1.54, 1.807) is 60.2 Å². The second kappa shape index (κ2) is 11.9. The molecule has 1 aromatic heterocycles. The summed E-state index contributed by atoms with van der Waals surface area (Å²) in [5.74, 6) is 0.799. The van der Waals surface area contributed by atoms with Crippen molar-refractivity contribution in [2.24, 2.45) is 0 Å². The number of methoxy groups -OCH3 is 1. The highest BCUT2D eigenvalue weighted by Crippen LogP contribution is 2.24. The van der Waals surface area contributed by atoms with Crippen molar-refractivity contribution >= 4 is 52.5 Å². The Labute approximate surface area is 211 Å². The van der Waals surface area contributed by atoms with E-state index in [9.17, 15) is 9.59 Å². The molecule has 8 nitrogen and oxygen atoms in total. The number of amides is 2. The lowest BCUT2D eigenvalue weighted by molar-refractivity contribution is -0.113. The lowest BCUT2D eigenvalue weighted by Crippen LogP contribution is -2.28. The van der Waals surface area contributed by atoms with Crippen LogP contribution in [0.15, 0.2) is 60.3 Å². The number of carbonyl (C=O) groups excluding carboxylic acids is 2. The van der Waals surface area contributed by atoms with Crippen molar-refractivity contribution in [3.05, 3.63) is 76.6 Å². The zero-order chi connectivity index (χ0) is 24.7. The Morgan fingerprint density at radius 1 is 1.18 bits per heavy atom. The van der Waals surface area contributed by atoms with Gasteiger partial charge in [-0.1, -0.05) is 41.0 Å². The van der Waals surface area contributed by atoms with Crippen LogP contribution in [0, 0.1) is 0 Å². The van der Waals surface area contributed by atoms with E-state index in [0.717, 1.165) is 0 Å². The fourth-order valence-electron chi connectivity index (χ4n) is 3.07. The molecule has 0 saturated heterocycles. The quantitative estimate of drug-likeness (QED) is 0.288. The van der Waals surface area contributed by atoms with Crippen LogP contribution >= 0.6 is 35.0 Å². The molecule has 0 aliphatic carbocycles. The first kappa shape index (κ1) is 25.6. The summed E-state index contributed by atoms with van der Waals surface area (Å²) in [5, 5.41) is 15.5. The molecular formula is C23H23Cl2N5O3S. The third-order valence-corrected chi connectivity index (χ3v) is 6.03. The number of aromatic nitrogens is 3. The Hall–Kier alpha value is -3.01. The third-order valence-electron chi connectivity index (χ3n) is 4.62. The number of nitrogens with one attached hydrogen (secondary N) is 2. The molecule has 0 radical (unpaired) electrons. The van der Waals surface area contributed by atoms with Gasteiger partial charge in [0.2, 0.25) is 5.91 Å². The van der Waals surface area contributed by atoms with Crippen molar-refractivity contribution in [2.75, 3.05) is 18.2 Å². The van der Waals surface area contributed by atoms with Crippen molar-refractivity contribution in [3.63, 3.8) is 0 Å². The lowest BCUT2D eigenvalue weighted by atomic mass is 10.2. The molecule has 0 aliphatic rings. The van der Waals surface area contributed by atoms with Gasteiger partial charge in [0.05, 0.1) is 18.9 Å². The number of allylic oxidation sites excluding steroid dienone is 1. The van der Waals surface area contributed by atoms with E-state index >= 15 is 0 Å². The van der Waals surface area contributed by atoms with E-state index in [1.807, 2.05) is 6.92 Å². The molecule has 0 aliphatic heterocycles. The molecule has 2 amide bonds. The van der Waals surface area contributed by atoms with E-state index in [2.05, 4.69) is 27.4 Å². The second-order valence-electron chi connectivity index (χ2n) is 7.16. The molecule has 3 rings (SSSR count). The summed E-state index contributed by atoms with van der Waals surface area (Å²) in [4.78, 5) is 25.0. The summed E-state index contributed by atoms with van der Waals surface area (Å²) in [5.41, 5.74) is 1.00. The van der Waals surface area contributed by atoms with Crippen molar-refractivity contribution in [2.45, 2.75) is 24.7 Å². The Morgan fingerprint density at radius 3 is 2.47 bits per heavy atom. The van der Waals surface area contributed by atoms with Crippen molar-refractivity contribution in [3.8, 4) is 5.75 Å². The molecule has 0 fully saturated rings. The first-order chi connectivity index (χ1) is 16.3. The van der Waals surface area contributed by atoms with Crippen molar-refractivity contribution < 1.29 is 14.3 Å². The van der Waals surface area contributed by atoms with Gasteiger partial charge in [0.1, 0.15) is 5.75 Å². The van der Waals surface area contributed by atoms with Crippen LogP contribution in [-0.2, 0) is 11.3 Å². The summed E-state index contributed by atoms with van der Waals surface area (Å²) in [6, 6.07) is 11.2. The number of hydrogen-bond acceptors (Lipinski definition) is 6. The molecule has 1 unspecified atom stereocenters. The summed E-state index contributed by atoms with van der Waals surface area (Å²) in [6.07, 6.45) is 1.70. The second-order valence-corrected chi connectivity index (χ2v) is 8.97. The molecule has 11 heteroatoms. The van der Waals surface area contributed by atoms with Crippen LogP contribution in [0.25, 0.3) is 0 Å². The average molecular weight is 520 g/mol. The predicted molar refractivity (Wildman–Crippen MR) is 135 cm³/mol. The van der Waals surface area contributed by atoms with E-state index in [-0.39, 0.29) is 17.6 Å². The molecule has 2 N–H and O–H groups in total. The monoisotopic (exact) mass is 519 g/mol. The molecule has 0 saturated carbocycles. The molecule has 2 aromatic carbocycles. The minimum Gasteiger partial charge on any atom is -0.497 e. The largest absolute Gasteiger partial charge is 0.497 e. The lowest BCUT2D eigenvalue weighted by Gasteiger charge is -2.15. The smallest absolute Gasteiger partial charge is 0.251 e. The SMILES string of the molecule is C=CCn1c(SCC(=O)Nc2cc(Cl)cc(Cl)c2)nnc1C(C)NC(=O)c1ccc(OC)cc1. The maximum atomic E-state index is 12.6. The van der Waals surface area contributed by atoms with Crippen LogP contribution in [0.4, 0.5) is 5.69 Å². The van der Waals surface area contributed by atoms with Gasteiger partial charge in [0.25, 0.3) is 5.91 Å². The van der Waals surface area contributed by atoms with Gasteiger partial charge in [-0.15, -0.1) is 16.8 Å². The van der Waals surface area contributed by atoms with Crippen LogP contribution < -0.4 is 15.4 Å². The molecular weight excluding hydrogens is 497 g/mol. The fourth-order valence-corrected chi connectivity index (χ4v) is 4.35. The van der Waals surface area contributed by atoms with Gasteiger partial charge in [-0.3, -0.25) is 9.59 Å². The number of carbonyl (C=O) groups is 2. The molecule has 0 spiro atoms. The van der Waals surface area contributed by atoms with Gasteiger partial charge in [0, 0.05) is 27.8 Å².